The van der Waals surface area contributed by atoms with Gasteiger partial charge in [-0.2, -0.15) is 0 Å². The summed E-state index contributed by atoms with van der Waals surface area (Å²) in [5.41, 5.74) is 1.72. The Balaban J connectivity index is 1.63. The maximum atomic E-state index is 12.4. The highest BCUT2D eigenvalue weighted by Crippen LogP contribution is 2.26. The van der Waals surface area contributed by atoms with E-state index in [1.165, 1.54) is 19.3 Å². The summed E-state index contributed by atoms with van der Waals surface area (Å²) in [5, 5.41) is 5.86. The maximum Gasteiger partial charge on any atom is 0.319 e. The van der Waals surface area contributed by atoms with Crippen LogP contribution in [0, 0.1) is 6.92 Å². The van der Waals surface area contributed by atoms with E-state index in [0.717, 1.165) is 24.4 Å². The monoisotopic (exact) mass is 357 g/mol. The normalized spacial score (nSPS) is 16.1. The molecule has 6 heteroatoms. The number of furan rings is 1. The molecule has 2 N–H and O–H groups in total. The number of aryl methyl sites for hydroxylation is 1. The van der Waals surface area contributed by atoms with Gasteiger partial charge in [-0.1, -0.05) is 12.5 Å². The number of amides is 2. The van der Waals surface area contributed by atoms with Gasteiger partial charge in [0.1, 0.15) is 11.5 Å². The molecule has 3 rings (SSSR count). The molecule has 2 aromatic rings. The fraction of sp³-hybridized carbons (Fsp3) is 0.450. The number of anilines is 1. The first-order valence-electron chi connectivity index (χ1n) is 9.14. The Bertz CT molecular complexity index is 709. The second kappa shape index (κ2) is 8.76. The fourth-order valence-corrected chi connectivity index (χ4v) is 3.40. The van der Waals surface area contributed by atoms with Crippen molar-refractivity contribution in [2.24, 2.45) is 0 Å². The van der Waals surface area contributed by atoms with E-state index in [4.69, 9.17) is 9.15 Å². The summed E-state index contributed by atoms with van der Waals surface area (Å²) in [5.74, 6) is 1.53. The van der Waals surface area contributed by atoms with Crippen molar-refractivity contribution in [1.82, 2.24) is 10.2 Å². The average molecular weight is 357 g/mol. The van der Waals surface area contributed by atoms with Gasteiger partial charge in [-0.25, -0.2) is 4.79 Å². The first-order chi connectivity index (χ1) is 12.7. The van der Waals surface area contributed by atoms with Crippen LogP contribution in [-0.2, 0) is 0 Å². The Morgan fingerprint density at radius 3 is 2.77 bits per heavy atom. The summed E-state index contributed by atoms with van der Waals surface area (Å²) in [7, 11) is 1.59. The van der Waals surface area contributed by atoms with E-state index in [9.17, 15) is 4.79 Å². The maximum absolute atomic E-state index is 12.4. The van der Waals surface area contributed by atoms with Gasteiger partial charge >= 0.3 is 6.03 Å². The summed E-state index contributed by atoms with van der Waals surface area (Å²) < 4.78 is 10.9. The van der Waals surface area contributed by atoms with Gasteiger partial charge in [-0.3, -0.25) is 4.90 Å². The van der Waals surface area contributed by atoms with Gasteiger partial charge in [-0.15, -0.1) is 0 Å². The molecule has 1 saturated heterocycles. The molecule has 1 aromatic carbocycles. The lowest BCUT2D eigenvalue weighted by atomic mass is 10.1. The number of likely N-dealkylation sites (tertiary alicyclic amines) is 1. The highest BCUT2D eigenvalue weighted by molar-refractivity contribution is 5.91. The van der Waals surface area contributed by atoms with Gasteiger partial charge in [0.2, 0.25) is 0 Å². The first-order valence-corrected chi connectivity index (χ1v) is 9.14. The lowest BCUT2D eigenvalue weighted by Gasteiger charge is -2.33. The minimum Gasteiger partial charge on any atom is -0.495 e. The third-order valence-corrected chi connectivity index (χ3v) is 4.76. The van der Waals surface area contributed by atoms with Crippen LogP contribution in [-0.4, -0.2) is 37.7 Å². The van der Waals surface area contributed by atoms with Crippen molar-refractivity contribution in [3.8, 4) is 5.75 Å². The van der Waals surface area contributed by atoms with Crippen LogP contribution in [0.25, 0.3) is 0 Å². The van der Waals surface area contributed by atoms with Crippen LogP contribution in [0.2, 0.25) is 0 Å². The number of benzene rings is 1. The fourth-order valence-electron chi connectivity index (χ4n) is 3.40. The molecule has 1 atom stereocenters. The van der Waals surface area contributed by atoms with Gasteiger partial charge < -0.3 is 19.8 Å². The number of hydrogen-bond acceptors (Lipinski definition) is 4. The number of urea groups is 1. The Morgan fingerprint density at radius 1 is 1.27 bits per heavy atom. The molecule has 0 saturated carbocycles. The van der Waals surface area contributed by atoms with Crippen LogP contribution in [0.1, 0.15) is 36.6 Å². The number of carbonyl (C=O) groups excluding carboxylic acids is 1. The number of hydrogen-bond donors (Lipinski definition) is 2. The van der Waals surface area contributed by atoms with Crippen LogP contribution >= 0.6 is 0 Å². The van der Waals surface area contributed by atoms with Crippen LogP contribution < -0.4 is 15.4 Å². The van der Waals surface area contributed by atoms with E-state index in [0.29, 0.717) is 18.0 Å². The summed E-state index contributed by atoms with van der Waals surface area (Å²) in [4.78, 5) is 14.8. The molecule has 1 fully saturated rings. The number of piperidine rings is 1. The number of nitrogens with one attached hydrogen (secondary N) is 2. The molecule has 1 aliphatic rings. The molecule has 26 heavy (non-hydrogen) atoms. The summed E-state index contributed by atoms with van der Waals surface area (Å²) >= 11 is 0. The van der Waals surface area contributed by atoms with Crippen molar-refractivity contribution in [2.45, 2.75) is 32.2 Å². The van der Waals surface area contributed by atoms with E-state index in [1.54, 1.807) is 13.4 Å². The molecule has 0 aliphatic carbocycles. The van der Waals surface area contributed by atoms with Crippen molar-refractivity contribution in [3.63, 3.8) is 0 Å². The molecule has 2 heterocycles. The average Bonchev–Trinajstić information content (AvgIpc) is 3.17. The zero-order valence-corrected chi connectivity index (χ0v) is 15.5. The number of ether oxygens (including phenoxy) is 1. The van der Waals surface area contributed by atoms with E-state index in [-0.39, 0.29) is 12.1 Å². The predicted molar refractivity (Wildman–Crippen MR) is 102 cm³/mol. The molecule has 6 nitrogen and oxygen atoms in total. The van der Waals surface area contributed by atoms with E-state index in [2.05, 4.69) is 15.5 Å². The summed E-state index contributed by atoms with van der Waals surface area (Å²) in [6.45, 7) is 4.53. The second-order valence-electron chi connectivity index (χ2n) is 6.67. The lowest BCUT2D eigenvalue weighted by molar-refractivity contribution is 0.144. The van der Waals surface area contributed by atoms with Gasteiger partial charge in [0, 0.05) is 6.54 Å². The zero-order valence-electron chi connectivity index (χ0n) is 15.5. The highest BCUT2D eigenvalue weighted by Gasteiger charge is 2.25. The molecule has 1 unspecified atom stereocenters. The number of carbonyl (C=O) groups is 1. The summed E-state index contributed by atoms with van der Waals surface area (Å²) in [6.07, 6.45) is 5.32. The first kappa shape index (κ1) is 18.3. The van der Waals surface area contributed by atoms with Crippen LogP contribution in [0.3, 0.4) is 0 Å². The molecule has 0 spiro atoms. The van der Waals surface area contributed by atoms with Gasteiger partial charge in [0.25, 0.3) is 0 Å². The third kappa shape index (κ3) is 4.58. The smallest absolute Gasteiger partial charge is 0.319 e. The molecular weight excluding hydrogens is 330 g/mol. The quantitative estimate of drug-likeness (QED) is 0.822. The van der Waals surface area contributed by atoms with E-state index >= 15 is 0 Å². The third-order valence-electron chi connectivity index (χ3n) is 4.76. The molecule has 0 radical (unpaired) electrons. The van der Waals surface area contributed by atoms with E-state index in [1.807, 2.05) is 37.3 Å². The topological polar surface area (TPSA) is 66.7 Å². The largest absolute Gasteiger partial charge is 0.495 e. The Labute approximate surface area is 154 Å². The van der Waals surface area contributed by atoms with Crippen molar-refractivity contribution in [3.05, 3.63) is 47.9 Å². The Hall–Kier alpha value is -2.47. The molecule has 0 bridgehead atoms. The van der Waals surface area contributed by atoms with Crippen LogP contribution in [0.4, 0.5) is 10.5 Å². The zero-order chi connectivity index (χ0) is 18.4. The predicted octanol–water partition coefficient (Wildman–Crippen LogP) is 3.95. The second-order valence-corrected chi connectivity index (χ2v) is 6.67. The van der Waals surface area contributed by atoms with Crippen LogP contribution in [0.5, 0.6) is 5.75 Å². The number of methoxy groups -OCH3 is 1. The molecule has 1 aliphatic heterocycles. The van der Waals surface area contributed by atoms with Crippen molar-refractivity contribution >= 4 is 11.7 Å². The summed E-state index contributed by atoms with van der Waals surface area (Å²) in [6, 6.07) is 9.37. The molecular formula is C20H27N3O3. The molecule has 140 valence electrons. The minimum absolute atomic E-state index is 0.0513. The van der Waals surface area contributed by atoms with Crippen molar-refractivity contribution in [2.75, 3.05) is 32.1 Å². The van der Waals surface area contributed by atoms with Crippen LogP contribution in [0.15, 0.2) is 41.0 Å². The Morgan fingerprint density at radius 2 is 2.08 bits per heavy atom. The standard InChI is InChI=1S/C20H27N3O3/c1-15-8-9-18(25-2)16(13-15)22-20(24)21-14-17(19-7-6-12-26-19)23-10-4-3-5-11-23/h6-9,12-13,17H,3-5,10-11,14H2,1-2H3,(H2,21,22,24). The van der Waals surface area contributed by atoms with Crippen molar-refractivity contribution in [1.29, 1.82) is 0 Å². The molecule has 2 amide bonds. The number of nitrogens with zero attached hydrogens (tertiary/aromatic N) is 1. The van der Waals surface area contributed by atoms with Crippen molar-refractivity contribution < 1.29 is 13.9 Å². The van der Waals surface area contributed by atoms with Gasteiger partial charge in [0.05, 0.1) is 25.1 Å². The highest BCUT2D eigenvalue weighted by atomic mass is 16.5. The Kier molecular flexibility index (Phi) is 6.17. The number of rotatable bonds is 6. The SMILES string of the molecule is COc1ccc(C)cc1NC(=O)NCC(c1ccco1)N1CCCCC1. The lowest BCUT2D eigenvalue weighted by Crippen LogP contribution is -2.41. The molecule has 1 aromatic heterocycles. The van der Waals surface area contributed by atoms with Gasteiger partial charge in [0.15, 0.2) is 0 Å². The van der Waals surface area contributed by atoms with Gasteiger partial charge in [-0.05, 0) is 62.7 Å². The minimum atomic E-state index is -0.248. The van der Waals surface area contributed by atoms with E-state index < -0.39 is 0 Å².